The van der Waals surface area contributed by atoms with Crippen molar-refractivity contribution in [2.45, 2.75) is 20.3 Å². The Morgan fingerprint density at radius 3 is 2.57 bits per heavy atom. The Kier molecular flexibility index (Phi) is 9.01. The molecule has 2 N–H and O–H groups in total. The first kappa shape index (κ1) is 21.4. The molecule has 0 spiro atoms. The van der Waals surface area contributed by atoms with Crippen molar-refractivity contribution >= 4 is 23.5 Å². The lowest BCUT2D eigenvalue weighted by molar-refractivity contribution is 0.246. The van der Waals surface area contributed by atoms with Crippen LogP contribution in [-0.4, -0.2) is 31.1 Å². The maximum absolute atomic E-state index is 5.81. The minimum atomic E-state index is 0.458. The normalized spacial score (nSPS) is 10.5. The molecule has 0 bridgehead atoms. The monoisotopic (exact) mass is 397 g/mol. The maximum Gasteiger partial charge on any atom is 0.187 e. The van der Waals surface area contributed by atoms with Crippen molar-refractivity contribution < 1.29 is 9.47 Å². The van der Waals surface area contributed by atoms with Gasteiger partial charge in [-0.15, -0.1) is 6.58 Å². The predicted octanol–water partition coefficient (Wildman–Crippen LogP) is 4.14. The first-order chi connectivity index (χ1) is 13.6. The fourth-order valence-electron chi connectivity index (χ4n) is 2.41. The van der Waals surface area contributed by atoms with E-state index in [1.165, 1.54) is 5.56 Å². The highest BCUT2D eigenvalue weighted by Gasteiger charge is 2.00. The lowest BCUT2D eigenvalue weighted by Gasteiger charge is -2.10. The summed E-state index contributed by atoms with van der Waals surface area (Å²) in [5.74, 6) is 1.75. The molecule has 5 nitrogen and oxygen atoms in total. The number of nitrogens with one attached hydrogen (secondary N) is 2. The minimum Gasteiger partial charge on any atom is -0.493 e. The van der Waals surface area contributed by atoms with Crippen LogP contribution in [0.5, 0.6) is 11.5 Å². The number of hydrazone groups is 1. The Morgan fingerprint density at radius 1 is 1.11 bits per heavy atom. The Balaban J connectivity index is 1.66. The van der Waals surface area contributed by atoms with E-state index in [9.17, 15) is 0 Å². The smallest absolute Gasteiger partial charge is 0.187 e. The number of aryl methyl sites for hydroxylation is 2. The molecule has 0 unspecified atom stereocenters. The van der Waals surface area contributed by atoms with Crippen LogP contribution in [0.3, 0.4) is 0 Å². The summed E-state index contributed by atoms with van der Waals surface area (Å²) in [7, 11) is 0. The predicted molar refractivity (Wildman–Crippen MR) is 119 cm³/mol. The van der Waals surface area contributed by atoms with Crippen LogP contribution in [0.4, 0.5) is 0 Å². The van der Waals surface area contributed by atoms with Crippen LogP contribution < -0.4 is 20.2 Å². The largest absolute Gasteiger partial charge is 0.493 e. The van der Waals surface area contributed by atoms with E-state index in [0.717, 1.165) is 29.0 Å². The highest BCUT2D eigenvalue weighted by atomic mass is 32.1. The summed E-state index contributed by atoms with van der Waals surface area (Å²) in [6, 6.07) is 13.9. The lowest BCUT2D eigenvalue weighted by atomic mass is 10.1. The summed E-state index contributed by atoms with van der Waals surface area (Å²) in [5.41, 5.74) is 6.09. The van der Waals surface area contributed by atoms with E-state index < -0.39 is 0 Å². The van der Waals surface area contributed by atoms with Gasteiger partial charge in [0.2, 0.25) is 0 Å². The summed E-state index contributed by atoms with van der Waals surface area (Å²) >= 11 is 5.05. The van der Waals surface area contributed by atoms with Gasteiger partial charge in [-0.2, -0.15) is 5.10 Å². The molecule has 0 saturated heterocycles. The number of hydrogen-bond donors (Lipinski definition) is 2. The van der Waals surface area contributed by atoms with E-state index in [-0.39, 0.29) is 0 Å². The number of nitrogens with zero attached hydrogens (tertiary/aromatic N) is 1. The molecule has 2 aromatic carbocycles. The number of ether oxygens (including phenoxy) is 2. The quantitative estimate of drug-likeness (QED) is 0.208. The van der Waals surface area contributed by atoms with Gasteiger partial charge in [0.1, 0.15) is 11.5 Å². The fourth-order valence-corrected chi connectivity index (χ4v) is 2.55. The summed E-state index contributed by atoms with van der Waals surface area (Å²) in [4.78, 5) is 0. The van der Waals surface area contributed by atoms with Gasteiger partial charge in [-0.3, -0.25) is 5.43 Å². The van der Waals surface area contributed by atoms with Crippen molar-refractivity contribution in [1.29, 1.82) is 0 Å². The van der Waals surface area contributed by atoms with Gasteiger partial charge >= 0.3 is 0 Å². The molecule has 0 fully saturated rings. The highest BCUT2D eigenvalue weighted by Crippen LogP contribution is 2.19. The third-order valence-corrected chi connectivity index (χ3v) is 4.05. The van der Waals surface area contributed by atoms with Gasteiger partial charge in [0.25, 0.3) is 0 Å². The van der Waals surface area contributed by atoms with Crippen LogP contribution >= 0.6 is 12.2 Å². The molecule has 0 saturated carbocycles. The first-order valence-electron chi connectivity index (χ1n) is 9.19. The third-order valence-electron chi connectivity index (χ3n) is 3.81. The molecule has 6 heteroatoms. The van der Waals surface area contributed by atoms with Crippen LogP contribution in [0, 0.1) is 13.8 Å². The van der Waals surface area contributed by atoms with Crippen LogP contribution in [0.1, 0.15) is 23.1 Å². The molecule has 0 radical (unpaired) electrons. The molecule has 2 aromatic rings. The second-order valence-corrected chi connectivity index (χ2v) is 6.67. The van der Waals surface area contributed by atoms with E-state index >= 15 is 0 Å². The van der Waals surface area contributed by atoms with Gasteiger partial charge < -0.3 is 14.8 Å². The average Bonchev–Trinajstić information content (AvgIpc) is 2.68. The zero-order valence-corrected chi connectivity index (χ0v) is 17.2. The van der Waals surface area contributed by atoms with E-state index in [2.05, 4.69) is 48.4 Å². The molecule has 0 aliphatic heterocycles. The highest BCUT2D eigenvalue weighted by molar-refractivity contribution is 7.80. The standard InChI is InChI=1S/C22H27N3O2S/c1-4-12-23-22(28)25-24-16-19-7-9-20(10-8-19)26-13-5-14-27-21-11-6-17(2)15-18(21)3/h4,6-11,15-16H,1,5,12-14H2,2-3H3,(H2,23,25,28)/b24-16+. The first-order valence-corrected chi connectivity index (χ1v) is 9.60. The molecule has 0 aliphatic rings. The average molecular weight is 398 g/mol. The number of rotatable bonds is 10. The van der Waals surface area contributed by atoms with E-state index in [1.807, 2.05) is 30.3 Å². The summed E-state index contributed by atoms with van der Waals surface area (Å²) in [6.45, 7) is 9.58. The second kappa shape index (κ2) is 11.8. The SMILES string of the molecule is C=CCNC(=S)N/N=C/c1ccc(OCCCOc2ccc(C)cc2C)cc1. The van der Waals surface area contributed by atoms with Crippen molar-refractivity contribution in [2.24, 2.45) is 5.10 Å². The Bertz CT molecular complexity index is 804. The topological polar surface area (TPSA) is 54.9 Å². The number of hydrogen-bond acceptors (Lipinski definition) is 4. The van der Waals surface area contributed by atoms with Crippen LogP contribution in [0.2, 0.25) is 0 Å². The zero-order chi connectivity index (χ0) is 20.2. The van der Waals surface area contributed by atoms with Crippen molar-refractivity contribution in [3.63, 3.8) is 0 Å². The van der Waals surface area contributed by atoms with Crippen molar-refractivity contribution in [3.8, 4) is 11.5 Å². The molecule has 0 aromatic heterocycles. The summed E-state index contributed by atoms with van der Waals surface area (Å²) in [5, 5.41) is 7.47. The van der Waals surface area contributed by atoms with Crippen molar-refractivity contribution in [3.05, 3.63) is 71.8 Å². The molecule has 0 atom stereocenters. The second-order valence-electron chi connectivity index (χ2n) is 6.26. The molecular weight excluding hydrogens is 370 g/mol. The number of benzene rings is 2. The van der Waals surface area contributed by atoms with E-state index in [4.69, 9.17) is 21.7 Å². The van der Waals surface area contributed by atoms with Crippen LogP contribution in [0.15, 0.2) is 60.2 Å². The van der Waals surface area contributed by atoms with Crippen LogP contribution in [-0.2, 0) is 0 Å². The van der Waals surface area contributed by atoms with Crippen molar-refractivity contribution in [1.82, 2.24) is 10.7 Å². The van der Waals surface area contributed by atoms with Crippen molar-refractivity contribution in [2.75, 3.05) is 19.8 Å². The molecule has 2 rings (SSSR count). The van der Waals surface area contributed by atoms with Gasteiger partial charge in [-0.1, -0.05) is 23.8 Å². The van der Waals surface area contributed by atoms with Gasteiger partial charge in [-0.25, -0.2) is 0 Å². The Morgan fingerprint density at radius 2 is 1.86 bits per heavy atom. The van der Waals surface area contributed by atoms with Crippen LogP contribution in [0.25, 0.3) is 0 Å². The Hall–Kier alpha value is -2.86. The summed E-state index contributed by atoms with van der Waals surface area (Å²) < 4.78 is 11.6. The molecule has 0 amide bonds. The third kappa shape index (κ3) is 7.80. The van der Waals surface area contributed by atoms with E-state index in [1.54, 1.807) is 12.3 Å². The maximum atomic E-state index is 5.81. The van der Waals surface area contributed by atoms with Gasteiger partial charge in [0.05, 0.1) is 19.4 Å². The molecule has 28 heavy (non-hydrogen) atoms. The fraction of sp³-hybridized carbons (Fsp3) is 0.273. The molecular formula is C22H27N3O2S. The van der Waals surface area contributed by atoms with Gasteiger partial charge in [0, 0.05) is 13.0 Å². The van der Waals surface area contributed by atoms with Gasteiger partial charge in [-0.05, 0) is 67.5 Å². The number of thiocarbonyl (C=S) groups is 1. The molecule has 0 aliphatic carbocycles. The Labute approximate surface area is 172 Å². The molecule has 0 heterocycles. The minimum absolute atomic E-state index is 0.458. The van der Waals surface area contributed by atoms with E-state index in [0.29, 0.717) is 24.9 Å². The molecule has 148 valence electrons. The summed E-state index contributed by atoms with van der Waals surface area (Å²) in [6.07, 6.45) is 4.24. The zero-order valence-electron chi connectivity index (χ0n) is 16.4. The lowest BCUT2D eigenvalue weighted by Crippen LogP contribution is -2.31. The van der Waals surface area contributed by atoms with Gasteiger partial charge in [0.15, 0.2) is 5.11 Å².